The SMILES string of the molecule is CC(C)N(Cc1ccccc1N)c1ccnc(C#N)c1. The number of para-hydroxylation sites is 1. The average Bonchev–Trinajstić information content (AvgIpc) is 2.46. The van der Waals surface area contributed by atoms with Gasteiger partial charge < -0.3 is 10.6 Å². The van der Waals surface area contributed by atoms with Gasteiger partial charge in [0.05, 0.1) is 0 Å². The third-order valence-corrected chi connectivity index (χ3v) is 3.21. The van der Waals surface area contributed by atoms with Crippen molar-refractivity contribution < 1.29 is 0 Å². The third-order valence-electron chi connectivity index (χ3n) is 3.21. The maximum absolute atomic E-state index is 8.97. The van der Waals surface area contributed by atoms with Gasteiger partial charge >= 0.3 is 0 Å². The summed E-state index contributed by atoms with van der Waals surface area (Å²) in [7, 11) is 0. The van der Waals surface area contributed by atoms with Gasteiger partial charge in [0.1, 0.15) is 11.8 Å². The van der Waals surface area contributed by atoms with Crippen LogP contribution in [0.3, 0.4) is 0 Å². The molecule has 0 aliphatic carbocycles. The average molecular weight is 266 g/mol. The van der Waals surface area contributed by atoms with Gasteiger partial charge in [-0.25, -0.2) is 4.98 Å². The van der Waals surface area contributed by atoms with E-state index in [2.05, 4.69) is 29.8 Å². The van der Waals surface area contributed by atoms with Crippen LogP contribution in [0, 0.1) is 11.3 Å². The van der Waals surface area contributed by atoms with Crippen molar-refractivity contribution in [2.24, 2.45) is 0 Å². The molecule has 0 fully saturated rings. The second-order valence-electron chi connectivity index (χ2n) is 4.93. The van der Waals surface area contributed by atoms with Gasteiger partial charge in [-0.3, -0.25) is 0 Å². The number of hydrogen-bond acceptors (Lipinski definition) is 4. The molecule has 4 nitrogen and oxygen atoms in total. The molecule has 2 aromatic rings. The van der Waals surface area contributed by atoms with E-state index in [0.29, 0.717) is 18.3 Å². The van der Waals surface area contributed by atoms with E-state index < -0.39 is 0 Å². The van der Waals surface area contributed by atoms with Crippen LogP contribution in [-0.2, 0) is 6.54 Å². The van der Waals surface area contributed by atoms with Gasteiger partial charge in [-0.1, -0.05) is 18.2 Å². The predicted molar refractivity (Wildman–Crippen MR) is 81.1 cm³/mol. The highest BCUT2D eigenvalue weighted by Gasteiger charge is 2.13. The Morgan fingerprint density at radius 3 is 2.70 bits per heavy atom. The summed E-state index contributed by atoms with van der Waals surface area (Å²) in [4.78, 5) is 6.21. The Morgan fingerprint density at radius 2 is 2.05 bits per heavy atom. The standard InChI is InChI=1S/C16H18N4/c1-12(2)20(11-13-5-3-4-6-16(13)18)15-7-8-19-14(9-15)10-17/h3-9,12H,11,18H2,1-2H3. The fourth-order valence-electron chi connectivity index (χ4n) is 2.09. The van der Waals surface area contributed by atoms with Gasteiger partial charge in [-0.05, 0) is 37.6 Å². The number of aromatic nitrogens is 1. The van der Waals surface area contributed by atoms with Crippen LogP contribution >= 0.6 is 0 Å². The molecule has 0 saturated heterocycles. The number of rotatable bonds is 4. The van der Waals surface area contributed by atoms with Crippen LogP contribution in [0.5, 0.6) is 0 Å². The van der Waals surface area contributed by atoms with Gasteiger partial charge in [0, 0.05) is 30.2 Å². The van der Waals surface area contributed by atoms with E-state index in [1.165, 1.54) is 0 Å². The Morgan fingerprint density at radius 1 is 1.30 bits per heavy atom. The van der Waals surface area contributed by atoms with Crippen LogP contribution in [0.15, 0.2) is 42.6 Å². The Hall–Kier alpha value is -2.54. The first-order valence-electron chi connectivity index (χ1n) is 6.58. The summed E-state index contributed by atoms with van der Waals surface area (Å²) in [6, 6.07) is 13.9. The molecule has 0 saturated carbocycles. The molecule has 20 heavy (non-hydrogen) atoms. The lowest BCUT2D eigenvalue weighted by Gasteiger charge is -2.29. The molecule has 0 amide bonds. The van der Waals surface area contributed by atoms with Crippen LogP contribution in [0.2, 0.25) is 0 Å². The van der Waals surface area contributed by atoms with Crippen molar-refractivity contribution in [1.29, 1.82) is 5.26 Å². The molecule has 0 spiro atoms. The fourth-order valence-corrected chi connectivity index (χ4v) is 2.09. The lowest BCUT2D eigenvalue weighted by atomic mass is 10.1. The normalized spacial score (nSPS) is 10.3. The van der Waals surface area contributed by atoms with Crippen molar-refractivity contribution in [2.45, 2.75) is 26.4 Å². The lowest BCUT2D eigenvalue weighted by Crippen LogP contribution is -2.30. The van der Waals surface area contributed by atoms with Gasteiger partial charge in [0.25, 0.3) is 0 Å². The molecule has 4 heteroatoms. The Kier molecular flexibility index (Phi) is 4.21. The first kappa shape index (κ1) is 13.9. The molecular weight excluding hydrogens is 248 g/mol. The van der Waals surface area contributed by atoms with E-state index in [1.54, 1.807) is 12.3 Å². The number of pyridine rings is 1. The summed E-state index contributed by atoms with van der Waals surface area (Å²) < 4.78 is 0. The van der Waals surface area contributed by atoms with Crippen molar-refractivity contribution in [3.8, 4) is 6.07 Å². The highest BCUT2D eigenvalue weighted by Crippen LogP contribution is 2.22. The number of hydrogen-bond donors (Lipinski definition) is 1. The highest BCUT2D eigenvalue weighted by molar-refractivity contribution is 5.53. The molecule has 2 rings (SSSR count). The van der Waals surface area contributed by atoms with E-state index in [0.717, 1.165) is 16.9 Å². The zero-order chi connectivity index (χ0) is 14.5. The largest absolute Gasteiger partial charge is 0.398 e. The first-order chi connectivity index (χ1) is 9.61. The molecule has 0 bridgehead atoms. The quantitative estimate of drug-likeness (QED) is 0.864. The molecule has 1 aromatic heterocycles. The first-order valence-corrected chi connectivity index (χ1v) is 6.58. The van der Waals surface area contributed by atoms with Crippen LogP contribution in [0.4, 0.5) is 11.4 Å². The summed E-state index contributed by atoms with van der Waals surface area (Å²) in [5, 5.41) is 8.97. The monoisotopic (exact) mass is 266 g/mol. The van der Waals surface area contributed by atoms with Crippen molar-refractivity contribution in [3.63, 3.8) is 0 Å². The molecule has 2 N–H and O–H groups in total. The van der Waals surface area contributed by atoms with E-state index in [4.69, 9.17) is 11.0 Å². The van der Waals surface area contributed by atoms with Gasteiger partial charge in [-0.2, -0.15) is 5.26 Å². The Bertz CT molecular complexity index is 628. The number of benzene rings is 1. The van der Waals surface area contributed by atoms with Gasteiger partial charge in [-0.15, -0.1) is 0 Å². The van der Waals surface area contributed by atoms with Crippen LogP contribution in [-0.4, -0.2) is 11.0 Å². The number of nitrogen functional groups attached to an aromatic ring is 1. The van der Waals surface area contributed by atoms with Crippen molar-refractivity contribution in [3.05, 3.63) is 53.9 Å². The minimum absolute atomic E-state index is 0.295. The second-order valence-corrected chi connectivity index (χ2v) is 4.93. The second kappa shape index (κ2) is 6.07. The van der Waals surface area contributed by atoms with Crippen LogP contribution < -0.4 is 10.6 Å². The summed E-state index contributed by atoms with van der Waals surface area (Å²) in [6.45, 7) is 4.94. The molecular formula is C16H18N4. The molecule has 0 aliphatic heterocycles. The topological polar surface area (TPSA) is 65.9 Å². The Labute approximate surface area is 119 Å². The number of nitrogens with zero attached hydrogens (tertiary/aromatic N) is 3. The lowest BCUT2D eigenvalue weighted by molar-refractivity contribution is 0.682. The molecule has 1 aromatic carbocycles. The van der Waals surface area contributed by atoms with Gasteiger partial charge in [0.2, 0.25) is 0 Å². The summed E-state index contributed by atoms with van der Waals surface area (Å²) in [5.74, 6) is 0. The van der Waals surface area contributed by atoms with Crippen molar-refractivity contribution in [2.75, 3.05) is 10.6 Å². The minimum Gasteiger partial charge on any atom is -0.398 e. The predicted octanol–water partition coefficient (Wildman–Crippen LogP) is 2.95. The zero-order valence-corrected chi connectivity index (χ0v) is 11.7. The van der Waals surface area contributed by atoms with E-state index in [9.17, 15) is 0 Å². The number of anilines is 2. The molecule has 1 heterocycles. The highest BCUT2D eigenvalue weighted by atomic mass is 15.2. The molecule has 102 valence electrons. The third kappa shape index (κ3) is 3.07. The van der Waals surface area contributed by atoms with E-state index in [-0.39, 0.29) is 0 Å². The van der Waals surface area contributed by atoms with Crippen molar-refractivity contribution >= 4 is 11.4 Å². The summed E-state index contributed by atoms with van der Waals surface area (Å²) in [6.07, 6.45) is 1.66. The van der Waals surface area contributed by atoms with Gasteiger partial charge in [0.15, 0.2) is 0 Å². The summed E-state index contributed by atoms with van der Waals surface area (Å²) in [5.41, 5.74) is 9.28. The minimum atomic E-state index is 0.295. The van der Waals surface area contributed by atoms with Crippen LogP contribution in [0.1, 0.15) is 25.1 Å². The number of nitriles is 1. The smallest absolute Gasteiger partial charge is 0.142 e. The van der Waals surface area contributed by atoms with E-state index >= 15 is 0 Å². The Balaban J connectivity index is 2.32. The molecule has 0 aliphatic rings. The molecule has 0 radical (unpaired) electrons. The fraction of sp³-hybridized carbons (Fsp3) is 0.250. The number of nitrogens with two attached hydrogens (primary N) is 1. The maximum Gasteiger partial charge on any atom is 0.142 e. The van der Waals surface area contributed by atoms with Crippen molar-refractivity contribution in [1.82, 2.24) is 4.98 Å². The summed E-state index contributed by atoms with van der Waals surface area (Å²) >= 11 is 0. The van der Waals surface area contributed by atoms with Crippen LogP contribution in [0.25, 0.3) is 0 Å². The maximum atomic E-state index is 8.97. The zero-order valence-electron chi connectivity index (χ0n) is 11.7. The van der Waals surface area contributed by atoms with E-state index in [1.807, 2.05) is 30.3 Å². The molecule has 0 atom stereocenters. The molecule has 0 unspecified atom stereocenters.